The fraction of sp³-hybridized carbons (Fsp3) is 0. The lowest BCUT2D eigenvalue weighted by Gasteiger charge is -1.99. The number of carbonyl (C=O) groups is 1. The van der Waals surface area contributed by atoms with Crippen LogP contribution in [0.1, 0.15) is 10.4 Å². The van der Waals surface area contributed by atoms with Crippen LogP contribution in [0.25, 0.3) is 0 Å². The summed E-state index contributed by atoms with van der Waals surface area (Å²) >= 11 is 0. The van der Waals surface area contributed by atoms with Crippen molar-refractivity contribution in [1.82, 2.24) is 5.32 Å². The standard InChI is InChI=1S/C9H8FNO/c1-2-11-9(12)7-5-3-4-6-8(7)10/h2-6H,1H2,(H,11,12). The van der Waals surface area contributed by atoms with E-state index in [1.165, 1.54) is 24.4 Å². The number of benzene rings is 1. The molecule has 0 spiro atoms. The largest absolute Gasteiger partial charge is 0.329 e. The molecule has 0 heterocycles. The minimum atomic E-state index is -0.531. The third kappa shape index (κ3) is 1.69. The lowest BCUT2D eigenvalue weighted by Crippen LogP contribution is -2.17. The first-order valence-corrected chi connectivity index (χ1v) is 3.42. The molecule has 0 fully saturated rings. The number of hydrogen-bond donors (Lipinski definition) is 1. The normalized spacial score (nSPS) is 9.08. The molecule has 0 aliphatic heterocycles. The van der Waals surface area contributed by atoms with Gasteiger partial charge in [-0.15, -0.1) is 0 Å². The number of nitrogens with one attached hydrogen (secondary N) is 1. The lowest BCUT2D eigenvalue weighted by molar-refractivity contribution is 0.0966. The fourth-order valence-corrected chi connectivity index (χ4v) is 0.816. The minimum Gasteiger partial charge on any atom is -0.329 e. The second kappa shape index (κ2) is 3.67. The molecular weight excluding hydrogens is 157 g/mol. The van der Waals surface area contributed by atoms with Gasteiger partial charge in [-0.25, -0.2) is 4.39 Å². The molecule has 0 saturated carbocycles. The third-order valence-corrected chi connectivity index (χ3v) is 1.35. The van der Waals surface area contributed by atoms with E-state index in [0.717, 1.165) is 0 Å². The van der Waals surface area contributed by atoms with Gasteiger partial charge in [0.15, 0.2) is 0 Å². The molecule has 0 unspecified atom stereocenters. The summed E-state index contributed by atoms with van der Waals surface area (Å²) in [7, 11) is 0. The summed E-state index contributed by atoms with van der Waals surface area (Å²) in [5.74, 6) is -1.01. The molecule has 1 rings (SSSR count). The third-order valence-electron chi connectivity index (χ3n) is 1.35. The van der Waals surface area contributed by atoms with Crippen LogP contribution < -0.4 is 5.32 Å². The van der Waals surface area contributed by atoms with Crippen LogP contribution in [0.3, 0.4) is 0 Å². The number of amides is 1. The van der Waals surface area contributed by atoms with Crippen LogP contribution in [0.5, 0.6) is 0 Å². The van der Waals surface area contributed by atoms with Gasteiger partial charge in [0.25, 0.3) is 5.91 Å². The Hall–Kier alpha value is -1.64. The molecule has 1 amide bonds. The maximum Gasteiger partial charge on any atom is 0.258 e. The number of carbonyl (C=O) groups excluding carboxylic acids is 1. The fourth-order valence-electron chi connectivity index (χ4n) is 0.816. The molecule has 3 heteroatoms. The number of rotatable bonds is 2. The van der Waals surface area contributed by atoms with Gasteiger partial charge in [-0.05, 0) is 18.3 Å². The van der Waals surface area contributed by atoms with Crippen molar-refractivity contribution in [2.45, 2.75) is 0 Å². The van der Waals surface area contributed by atoms with E-state index in [2.05, 4.69) is 11.9 Å². The summed E-state index contributed by atoms with van der Waals surface area (Å²) in [4.78, 5) is 11.0. The molecule has 0 aliphatic rings. The van der Waals surface area contributed by atoms with Crippen molar-refractivity contribution in [3.8, 4) is 0 Å². The highest BCUT2D eigenvalue weighted by Crippen LogP contribution is 2.05. The monoisotopic (exact) mass is 165 g/mol. The number of hydrogen-bond acceptors (Lipinski definition) is 1. The number of halogens is 1. The molecule has 1 aromatic carbocycles. The molecule has 0 saturated heterocycles. The minimum absolute atomic E-state index is 0.0254. The summed E-state index contributed by atoms with van der Waals surface area (Å²) in [6.07, 6.45) is 1.22. The van der Waals surface area contributed by atoms with Crippen molar-refractivity contribution < 1.29 is 9.18 Å². The van der Waals surface area contributed by atoms with Gasteiger partial charge in [0.2, 0.25) is 0 Å². The predicted molar refractivity (Wildman–Crippen MR) is 44.1 cm³/mol. The molecule has 0 atom stereocenters. The SMILES string of the molecule is C=CNC(=O)c1ccccc1F. The van der Waals surface area contributed by atoms with Crippen molar-refractivity contribution in [2.24, 2.45) is 0 Å². The Balaban J connectivity index is 2.94. The molecule has 0 radical (unpaired) electrons. The van der Waals surface area contributed by atoms with Gasteiger partial charge in [0.1, 0.15) is 5.82 Å². The van der Waals surface area contributed by atoms with Crippen LogP contribution in [-0.2, 0) is 0 Å². The Morgan fingerprint density at radius 2 is 2.17 bits per heavy atom. The van der Waals surface area contributed by atoms with Crippen molar-refractivity contribution in [1.29, 1.82) is 0 Å². The van der Waals surface area contributed by atoms with E-state index in [1.54, 1.807) is 6.07 Å². The topological polar surface area (TPSA) is 29.1 Å². The molecule has 1 aromatic rings. The summed E-state index contributed by atoms with van der Waals surface area (Å²) in [6.45, 7) is 3.30. The summed E-state index contributed by atoms with van der Waals surface area (Å²) in [5.41, 5.74) is 0.0254. The van der Waals surface area contributed by atoms with Gasteiger partial charge in [-0.3, -0.25) is 4.79 Å². The zero-order valence-corrected chi connectivity index (χ0v) is 6.38. The quantitative estimate of drug-likeness (QED) is 0.710. The van der Waals surface area contributed by atoms with Crippen LogP contribution in [0, 0.1) is 5.82 Å². The van der Waals surface area contributed by atoms with Crippen molar-refractivity contribution in [2.75, 3.05) is 0 Å². The molecule has 1 N–H and O–H groups in total. The summed E-state index contributed by atoms with van der Waals surface area (Å²) < 4.78 is 12.9. The van der Waals surface area contributed by atoms with E-state index in [0.29, 0.717) is 0 Å². The maximum atomic E-state index is 12.9. The average molecular weight is 165 g/mol. The van der Waals surface area contributed by atoms with Crippen LogP contribution in [-0.4, -0.2) is 5.91 Å². The van der Waals surface area contributed by atoms with E-state index in [9.17, 15) is 9.18 Å². The van der Waals surface area contributed by atoms with Crippen molar-refractivity contribution >= 4 is 5.91 Å². The van der Waals surface area contributed by atoms with E-state index in [-0.39, 0.29) is 5.56 Å². The lowest BCUT2D eigenvalue weighted by atomic mass is 10.2. The zero-order valence-electron chi connectivity index (χ0n) is 6.38. The highest BCUT2D eigenvalue weighted by molar-refractivity contribution is 5.94. The van der Waals surface area contributed by atoms with Gasteiger partial charge >= 0.3 is 0 Å². The van der Waals surface area contributed by atoms with E-state index >= 15 is 0 Å². The first-order valence-electron chi connectivity index (χ1n) is 3.42. The summed E-state index contributed by atoms with van der Waals surface area (Å²) in [5, 5.41) is 2.29. The molecule has 0 bridgehead atoms. The molecule has 12 heavy (non-hydrogen) atoms. The van der Waals surface area contributed by atoms with Crippen LogP contribution in [0.4, 0.5) is 4.39 Å². The van der Waals surface area contributed by atoms with Gasteiger partial charge < -0.3 is 5.32 Å². The van der Waals surface area contributed by atoms with Gasteiger partial charge in [-0.2, -0.15) is 0 Å². The highest BCUT2D eigenvalue weighted by Gasteiger charge is 2.07. The molecule has 0 aliphatic carbocycles. The second-order valence-electron chi connectivity index (χ2n) is 2.16. The predicted octanol–water partition coefficient (Wildman–Crippen LogP) is 1.70. The van der Waals surface area contributed by atoms with Crippen molar-refractivity contribution in [3.05, 3.63) is 48.4 Å². The zero-order chi connectivity index (χ0) is 8.97. The van der Waals surface area contributed by atoms with Gasteiger partial charge in [0, 0.05) is 0 Å². The van der Waals surface area contributed by atoms with E-state index in [1.807, 2.05) is 0 Å². The Kier molecular flexibility index (Phi) is 2.58. The van der Waals surface area contributed by atoms with Gasteiger partial charge in [0.05, 0.1) is 5.56 Å². The molecular formula is C9H8FNO. The van der Waals surface area contributed by atoms with Crippen LogP contribution >= 0.6 is 0 Å². The summed E-state index contributed by atoms with van der Waals surface area (Å²) in [6, 6.07) is 5.77. The van der Waals surface area contributed by atoms with E-state index < -0.39 is 11.7 Å². The Labute approximate surface area is 69.7 Å². The molecule has 62 valence electrons. The molecule has 2 nitrogen and oxygen atoms in total. The Bertz CT molecular complexity index is 309. The average Bonchev–Trinajstić information content (AvgIpc) is 2.05. The first-order chi connectivity index (χ1) is 5.75. The van der Waals surface area contributed by atoms with Crippen LogP contribution in [0.2, 0.25) is 0 Å². The Morgan fingerprint density at radius 3 is 2.75 bits per heavy atom. The second-order valence-corrected chi connectivity index (χ2v) is 2.16. The molecule has 0 aromatic heterocycles. The maximum absolute atomic E-state index is 12.9. The van der Waals surface area contributed by atoms with E-state index in [4.69, 9.17) is 0 Å². The van der Waals surface area contributed by atoms with Gasteiger partial charge in [-0.1, -0.05) is 18.7 Å². The highest BCUT2D eigenvalue weighted by atomic mass is 19.1. The van der Waals surface area contributed by atoms with Crippen molar-refractivity contribution in [3.63, 3.8) is 0 Å². The first kappa shape index (κ1) is 8.46. The Morgan fingerprint density at radius 1 is 1.50 bits per heavy atom. The van der Waals surface area contributed by atoms with Crippen LogP contribution in [0.15, 0.2) is 37.0 Å². The smallest absolute Gasteiger partial charge is 0.258 e.